The maximum absolute atomic E-state index is 13.0. The summed E-state index contributed by atoms with van der Waals surface area (Å²) < 4.78 is 3.14. The fourth-order valence-electron chi connectivity index (χ4n) is 3.52. The minimum Gasteiger partial charge on any atom is -0.384 e. The fourth-order valence-corrected chi connectivity index (χ4v) is 5.06. The van der Waals surface area contributed by atoms with Crippen molar-refractivity contribution in [2.75, 3.05) is 11.5 Å². The highest BCUT2D eigenvalue weighted by Crippen LogP contribution is 2.25. The van der Waals surface area contributed by atoms with Crippen molar-refractivity contribution in [3.05, 3.63) is 84.9 Å². The second kappa shape index (κ2) is 10.2. The van der Waals surface area contributed by atoms with E-state index in [1.54, 1.807) is 11.3 Å². The predicted octanol–water partition coefficient (Wildman–Crippen LogP) is 2.98. The first-order chi connectivity index (χ1) is 16.3. The first-order valence-electron chi connectivity index (χ1n) is 10.7. The smallest absolute Gasteiger partial charge is 0.329 e. The van der Waals surface area contributed by atoms with Crippen molar-refractivity contribution < 1.29 is 4.79 Å². The number of hydrogen-bond acceptors (Lipinski definition) is 8. The summed E-state index contributed by atoms with van der Waals surface area (Å²) in [4.78, 5) is 41.0. The van der Waals surface area contributed by atoms with E-state index < -0.39 is 17.0 Å². The van der Waals surface area contributed by atoms with Gasteiger partial charge in [-0.2, -0.15) is 0 Å². The Balaban J connectivity index is 1.63. The molecule has 176 valence electrons. The summed E-state index contributed by atoms with van der Waals surface area (Å²) in [6.07, 6.45) is 0.598. The Labute approximate surface area is 203 Å². The quantitative estimate of drug-likeness (QED) is 0.269. The van der Waals surface area contributed by atoms with Crippen molar-refractivity contribution in [1.82, 2.24) is 24.3 Å². The van der Waals surface area contributed by atoms with Crippen LogP contribution in [0.3, 0.4) is 0 Å². The second-order valence-corrected chi connectivity index (χ2v) is 10.0. The molecule has 0 spiro atoms. The first kappa shape index (κ1) is 23.7. The van der Waals surface area contributed by atoms with Gasteiger partial charge in [0.25, 0.3) is 5.56 Å². The van der Waals surface area contributed by atoms with E-state index in [1.807, 2.05) is 66.3 Å². The van der Waals surface area contributed by atoms with Gasteiger partial charge in [-0.25, -0.2) is 4.79 Å². The van der Waals surface area contributed by atoms with Crippen molar-refractivity contribution in [3.63, 3.8) is 0 Å². The van der Waals surface area contributed by atoms with Gasteiger partial charge in [-0.15, -0.1) is 21.5 Å². The van der Waals surface area contributed by atoms with Crippen LogP contribution in [0.5, 0.6) is 0 Å². The number of para-hydroxylation sites is 1. The van der Waals surface area contributed by atoms with Crippen molar-refractivity contribution in [2.24, 2.45) is 5.92 Å². The molecule has 0 saturated carbocycles. The number of ketones is 1. The van der Waals surface area contributed by atoms with Gasteiger partial charge >= 0.3 is 5.69 Å². The summed E-state index contributed by atoms with van der Waals surface area (Å²) in [6, 6.07) is 13.7. The van der Waals surface area contributed by atoms with Crippen molar-refractivity contribution in [3.8, 4) is 5.69 Å². The molecular weight excluding hydrogens is 472 g/mol. The standard InChI is InChI=1S/C23H24N6O3S2/c1-14(2)12-28-20(24)19(21(31)25-22(28)32)17(30)13-34-23-27-26-18(11-16-9-6-10-33-16)29(23)15-7-4-3-5-8-15/h3-10,14H,11-13,24H2,1-2H3,(H,25,31,32). The highest BCUT2D eigenvalue weighted by molar-refractivity contribution is 7.99. The van der Waals surface area contributed by atoms with Crippen molar-refractivity contribution in [1.29, 1.82) is 0 Å². The Morgan fingerprint density at radius 3 is 2.59 bits per heavy atom. The number of carbonyl (C=O) groups is 1. The van der Waals surface area contributed by atoms with Gasteiger partial charge in [-0.3, -0.25) is 23.7 Å². The number of rotatable bonds is 9. The summed E-state index contributed by atoms with van der Waals surface area (Å²) in [6.45, 7) is 4.13. The van der Waals surface area contributed by atoms with Crippen LogP contribution in [0.1, 0.15) is 34.9 Å². The molecule has 4 aromatic rings. The van der Waals surface area contributed by atoms with Gasteiger partial charge in [0.15, 0.2) is 10.9 Å². The maximum Gasteiger partial charge on any atom is 0.329 e. The molecule has 0 bridgehead atoms. The maximum atomic E-state index is 13.0. The molecule has 0 aliphatic carbocycles. The molecule has 0 amide bonds. The zero-order valence-corrected chi connectivity index (χ0v) is 20.4. The number of nitrogen functional groups attached to an aromatic ring is 1. The average molecular weight is 497 g/mol. The monoisotopic (exact) mass is 496 g/mol. The number of nitrogens with one attached hydrogen (secondary N) is 1. The lowest BCUT2D eigenvalue weighted by Gasteiger charge is -2.14. The van der Waals surface area contributed by atoms with Crippen LogP contribution >= 0.6 is 23.1 Å². The van der Waals surface area contributed by atoms with Gasteiger partial charge in [-0.1, -0.05) is 49.9 Å². The zero-order valence-electron chi connectivity index (χ0n) is 18.7. The number of carbonyl (C=O) groups excluding carboxylic acids is 1. The van der Waals surface area contributed by atoms with Crippen LogP contribution in [0.25, 0.3) is 5.69 Å². The number of nitrogens with zero attached hydrogens (tertiary/aromatic N) is 4. The number of hydrogen-bond donors (Lipinski definition) is 2. The van der Waals surface area contributed by atoms with E-state index in [1.165, 1.54) is 16.3 Å². The number of aromatic amines is 1. The number of benzene rings is 1. The largest absolute Gasteiger partial charge is 0.384 e. The van der Waals surface area contributed by atoms with Crippen LogP contribution in [-0.4, -0.2) is 35.9 Å². The fraction of sp³-hybridized carbons (Fsp3) is 0.261. The normalized spacial score (nSPS) is 11.3. The molecule has 0 unspecified atom stereocenters. The molecule has 34 heavy (non-hydrogen) atoms. The molecule has 3 aromatic heterocycles. The van der Waals surface area contributed by atoms with Crippen LogP contribution in [0.2, 0.25) is 0 Å². The van der Waals surface area contributed by atoms with Gasteiger partial charge < -0.3 is 5.73 Å². The van der Waals surface area contributed by atoms with Crippen LogP contribution in [0.4, 0.5) is 5.82 Å². The van der Waals surface area contributed by atoms with Gasteiger partial charge in [0.1, 0.15) is 17.2 Å². The lowest BCUT2D eigenvalue weighted by Crippen LogP contribution is -2.37. The molecule has 11 heteroatoms. The molecule has 9 nitrogen and oxygen atoms in total. The lowest BCUT2D eigenvalue weighted by atomic mass is 10.2. The van der Waals surface area contributed by atoms with E-state index in [0.717, 1.165) is 16.4 Å². The first-order valence-corrected chi connectivity index (χ1v) is 12.5. The molecule has 3 N–H and O–H groups in total. The minimum absolute atomic E-state index is 0.0862. The van der Waals surface area contributed by atoms with Gasteiger partial charge in [0.2, 0.25) is 0 Å². The topological polar surface area (TPSA) is 129 Å². The summed E-state index contributed by atoms with van der Waals surface area (Å²) in [7, 11) is 0. The van der Waals surface area contributed by atoms with E-state index >= 15 is 0 Å². The Morgan fingerprint density at radius 1 is 1.15 bits per heavy atom. The highest BCUT2D eigenvalue weighted by atomic mass is 32.2. The SMILES string of the molecule is CC(C)Cn1c(N)c(C(=O)CSc2nnc(Cc3cccs3)n2-c2ccccc2)c(=O)[nH]c1=O. The van der Waals surface area contributed by atoms with Crippen LogP contribution in [-0.2, 0) is 13.0 Å². The number of H-pyrrole nitrogens is 1. The van der Waals surface area contributed by atoms with E-state index in [9.17, 15) is 14.4 Å². The predicted molar refractivity (Wildman–Crippen MR) is 134 cm³/mol. The lowest BCUT2D eigenvalue weighted by molar-refractivity contribution is 0.102. The second-order valence-electron chi connectivity index (χ2n) is 8.06. The molecule has 1 aromatic carbocycles. The third-order valence-electron chi connectivity index (χ3n) is 5.03. The van der Waals surface area contributed by atoms with Crippen LogP contribution < -0.4 is 17.0 Å². The number of nitrogens with two attached hydrogens (primary N) is 1. The summed E-state index contributed by atoms with van der Waals surface area (Å²) in [5.41, 5.74) is 5.34. The van der Waals surface area contributed by atoms with E-state index in [2.05, 4.69) is 15.2 Å². The Bertz CT molecular complexity index is 1400. The minimum atomic E-state index is -0.781. The molecule has 0 atom stereocenters. The molecular formula is C23H24N6O3S2. The number of Topliss-reactive ketones (excluding diaryl/α,β-unsaturated/α-hetero) is 1. The van der Waals surface area contributed by atoms with Crippen molar-refractivity contribution in [2.45, 2.75) is 32.0 Å². The number of aromatic nitrogens is 5. The van der Waals surface area contributed by atoms with E-state index in [-0.39, 0.29) is 23.1 Å². The third kappa shape index (κ3) is 5.05. The highest BCUT2D eigenvalue weighted by Gasteiger charge is 2.22. The van der Waals surface area contributed by atoms with Crippen LogP contribution in [0, 0.1) is 5.92 Å². The molecule has 0 saturated heterocycles. The average Bonchev–Trinajstić information content (AvgIpc) is 3.46. The molecule has 0 fully saturated rings. The van der Waals surface area contributed by atoms with E-state index in [4.69, 9.17) is 5.73 Å². The molecule has 4 rings (SSSR count). The van der Waals surface area contributed by atoms with Gasteiger partial charge in [0, 0.05) is 23.5 Å². The molecule has 0 aliphatic rings. The number of anilines is 1. The van der Waals surface area contributed by atoms with Crippen LogP contribution in [0.15, 0.2) is 62.6 Å². The van der Waals surface area contributed by atoms with Crippen molar-refractivity contribution >= 4 is 34.7 Å². The number of thioether (sulfide) groups is 1. The summed E-state index contributed by atoms with van der Waals surface area (Å²) in [5.74, 6) is 0.164. The molecule has 0 aliphatic heterocycles. The van der Waals surface area contributed by atoms with Gasteiger partial charge in [0.05, 0.1) is 5.75 Å². The Hall–Kier alpha value is -3.44. The summed E-state index contributed by atoms with van der Waals surface area (Å²) in [5, 5.41) is 11.2. The summed E-state index contributed by atoms with van der Waals surface area (Å²) >= 11 is 2.80. The Morgan fingerprint density at radius 2 is 1.91 bits per heavy atom. The molecule has 3 heterocycles. The van der Waals surface area contributed by atoms with Gasteiger partial charge in [-0.05, 0) is 29.5 Å². The van der Waals surface area contributed by atoms with E-state index in [0.29, 0.717) is 18.1 Å². The molecule has 0 radical (unpaired) electrons. The number of thiophene rings is 1. The third-order valence-corrected chi connectivity index (χ3v) is 6.83. The zero-order chi connectivity index (χ0) is 24.2. The Kier molecular flexibility index (Phi) is 7.13.